The SMILES string of the molecule is CCCC[C@H]1C(=O)N(C)CC(=O)N[C@@H](CC(=O)O)C(=O)N[C@@H](C(C)C)C(=O)N(C)[C@@H](Cc2ccccc2)C(=O)N[C@@H](Cc2ccc(O)cc2)C(=O)N(C)CC(=O)N[C@@H](Cc2c[nH]c3ccccc23)C(=O)NN[C@@H](CC(C)C)C(=O)N[C@H](C(=O)NCC(N)=O)CSCC(=O)N[C@@H](Cc2ccc(CN)cc2)C(=O)N(C)[C@@H](Cc2ccccc2)C(=O)N1C. The summed E-state index contributed by atoms with van der Waals surface area (Å²) in [6, 6.07) is 22.2. The zero-order valence-corrected chi connectivity index (χ0v) is 70.2. The predicted molar refractivity (Wildman–Crippen MR) is 449 cm³/mol. The Morgan fingerprint density at radius 3 is 1.62 bits per heavy atom. The van der Waals surface area contributed by atoms with Crippen molar-refractivity contribution in [1.82, 2.24) is 77.6 Å². The molecular weight excluding hydrogens is 1560 g/mol. The second-order valence-electron chi connectivity index (χ2n) is 30.8. The monoisotopic (exact) mass is 1680 g/mol. The lowest BCUT2D eigenvalue weighted by Crippen LogP contribution is -2.61. The van der Waals surface area contributed by atoms with Crippen molar-refractivity contribution in [2.75, 3.05) is 66.4 Å². The fourth-order valence-electron chi connectivity index (χ4n) is 13.8. The van der Waals surface area contributed by atoms with Gasteiger partial charge in [0.1, 0.15) is 66.2 Å². The van der Waals surface area contributed by atoms with Crippen molar-refractivity contribution in [2.24, 2.45) is 23.3 Å². The van der Waals surface area contributed by atoms with Crippen LogP contribution in [0.4, 0.5) is 0 Å². The maximum absolute atomic E-state index is 15.5. The number of aromatic nitrogens is 1. The van der Waals surface area contributed by atoms with Gasteiger partial charge in [-0.25, -0.2) is 5.43 Å². The van der Waals surface area contributed by atoms with Crippen molar-refractivity contribution < 1.29 is 82.1 Å². The molecule has 0 spiro atoms. The Morgan fingerprint density at radius 1 is 0.525 bits per heavy atom. The number of carbonyl (C=O) groups is 15. The molecule has 0 bridgehead atoms. The summed E-state index contributed by atoms with van der Waals surface area (Å²) < 4.78 is 0. The summed E-state index contributed by atoms with van der Waals surface area (Å²) in [5.74, 6) is -15.7. The number of benzene rings is 5. The Labute approximate surface area is 701 Å². The molecule has 2 heterocycles. The van der Waals surface area contributed by atoms with E-state index < -0.39 is 187 Å². The molecule has 646 valence electrons. The number of likely N-dealkylation sites (N-methyl/N-ethyl adjacent to an activating group) is 5. The summed E-state index contributed by atoms with van der Waals surface area (Å²) >= 11 is 0.858. The number of phenols is 1. The van der Waals surface area contributed by atoms with Gasteiger partial charge < -0.3 is 88.4 Å². The number of amides is 14. The molecule has 0 saturated carbocycles. The van der Waals surface area contributed by atoms with Gasteiger partial charge in [-0.15, -0.1) is 11.8 Å². The third kappa shape index (κ3) is 28.5. The number of phenolic OH excluding ortho intramolecular Hbond substituents is 1. The number of unbranched alkanes of at least 4 members (excludes halogenated alkanes) is 1. The van der Waals surface area contributed by atoms with Gasteiger partial charge in [0.25, 0.3) is 5.91 Å². The van der Waals surface area contributed by atoms with Crippen molar-refractivity contribution in [3.8, 4) is 5.75 Å². The van der Waals surface area contributed by atoms with Crippen LogP contribution in [-0.2, 0) is 111 Å². The molecule has 1 aliphatic heterocycles. The fourth-order valence-corrected chi connectivity index (χ4v) is 14.6. The van der Waals surface area contributed by atoms with Gasteiger partial charge in [0, 0.05) is 96.7 Å². The second-order valence-corrected chi connectivity index (χ2v) is 31.8. The van der Waals surface area contributed by atoms with Gasteiger partial charge in [0.15, 0.2) is 0 Å². The lowest BCUT2D eigenvalue weighted by Gasteiger charge is -2.37. The van der Waals surface area contributed by atoms with Crippen molar-refractivity contribution in [3.63, 3.8) is 0 Å². The molecular formula is C85H113N17O17S. The van der Waals surface area contributed by atoms with Crippen LogP contribution in [0.5, 0.6) is 5.75 Å². The van der Waals surface area contributed by atoms with Gasteiger partial charge in [0.05, 0.1) is 31.8 Å². The molecule has 0 radical (unpaired) electrons. The average Bonchev–Trinajstić information content (AvgIpc) is 1.82. The number of carboxylic acid groups (broad SMARTS) is 1. The van der Waals surface area contributed by atoms with Crippen LogP contribution in [0.25, 0.3) is 10.9 Å². The number of fused-ring (bicyclic) bond motifs is 1. The first-order valence-corrected chi connectivity index (χ1v) is 40.9. The van der Waals surface area contributed by atoms with E-state index in [9.17, 15) is 58.2 Å². The van der Waals surface area contributed by atoms with E-state index in [-0.39, 0.29) is 68.9 Å². The van der Waals surface area contributed by atoms with E-state index in [4.69, 9.17) is 11.5 Å². The molecule has 34 nitrogen and oxygen atoms in total. The highest BCUT2D eigenvalue weighted by Crippen LogP contribution is 2.24. The van der Waals surface area contributed by atoms with Gasteiger partial charge in [-0.05, 0) is 76.3 Å². The molecule has 14 amide bonds. The molecule has 1 saturated heterocycles. The Kier molecular flexibility index (Phi) is 36.5. The zero-order chi connectivity index (χ0) is 88.0. The topological polar surface area (TPSA) is 489 Å². The Bertz CT molecular complexity index is 4560. The summed E-state index contributed by atoms with van der Waals surface area (Å²) in [5, 5.41) is 39.6. The summed E-state index contributed by atoms with van der Waals surface area (Å²) in [5.41, 5.74) is 20.9. The smallest absolute Gasteiger partial charge is 0.305 e. The van der Waals surface area contributed by atoms with E-state index in [0.717, 1.165) is 32.0 Å². The number of hydrogen-bond donors (Lipinski definition) is 14. The van der Waals surface area contributed by atoms with E-state index in [1.807, 2.05) is 6.92 Å². The van der Waals surface area contributed by atoms with Gasteiger partial charge in [-0.2, -0.15) is 0 Å². The fraction of sp³-hybridized carbons (Fsp3) is 0.447. The standard InChI is InChI=1S/C85H113N17O17S/c1-11-12-27-67-83(117)99(7)47-72(106)91-62(42-74(108)109)77(111)95-75(51(4)5)85(119)101(9)68(39-52-21-15-13-16-22-52)80(114)93-64(37-55-32-34-58(103)35-33-55)81(115)98(6)46-71(105)90-61(41-57-44-88-60-26-20-19-25-59(57)60)79(113)97-96-63(36-50(2)3)78(112)94-66(76(110)89-45-70(87)104)48-120-49-73(107)92-65(38-54-28-30-56(43-86)31-29-54)82(116)102(10)69(84(118)100(67)8)40-53-23-17-14-18-24-53/h13-26,28-35,44,50-51,61-69,75,88,96,103H,11-12,27,36-43,45-49,86H2,1-10H3,(H2,87,104)(H,89,110)(H,90,105)(H,91,106)(H,92,107)(H,93,114)(H,94,112)(H,95,111)(H,97,113)(H,108,109)/t61-,62-,63-,64-,65-,66-,67-,68-,69-,75-/m0/s1. The Balaban J connectivity index is 1.31. The molecule has 16 N–H and O–H groups in total. The van der Waals surface area contributed by atoms with Crippen LogP contribution in [0.3, 0.4) is 0 Å². The lowest BCUT2D eigenvalue weighted by atomic mass is 9.98. The number of aromatic hydroxyl groups is 1. The van der Waals surface area contributed by atoms with Crippen LogP contribution in [0.15, 0.2) is 140 Å². The first-order valence-electron chi connectivity index (χ1n) is 39.7. The number of rotatable bonds is 22. The molecule has 1 fully saturated rings. The van der Waals surface area contributed by atoms with Crippen LogP contribution in [-0.4, -0.2) is 255 Å². The highest BCUT2D eigenvalue weighted by molar-refractivity contribution is 8.00. The van der Waals surface area contributed by atoms with E-state index >= 15 is 24.0 Å². The van der Waals surface area contributed by atoms with Crippen molar-refractivity contribution in [2.45, 2.75) is 166 Å². The van der Waals surface area contributed by atoms with Gasteiger partial charge in [-0.1, -0.05) is 163 Å². The zero-order valence-electron chi connectivity index (χ0n) is 69.3. The molecule has 1 aromatic heterocycles. The van der Waals surface area contributed by atoms with Gasteiger partial charge in [-0.3, -0.25) is 77.3 Å². The number of nitrogens with one attached hydrogen (secondary N) is 10. The molecule has 1 aliphatic rings. The number of para-hydroxylation sites is 1. The number of aromatic amines is 1. The van der Waals surface area contributed by atoms with E-state index in [0.29, 0.717) is 51.6 Å². The van der Waals surface area contributed by atoms with Gasteiger partial charge >= 0.3 is 5.97 Å². The van der Waals surface area contributed by atoms with Crippen LogP contribution in [0.2, 0.25) is 0 Å². The maximum atomic E-state index is 15.5. The first kappa shape index (κ1) is 94.9. The van der Waals surface area contributed by atoms with Crippen LogP contribution < -0.4 is 59.5 Å². The second kappa shape index (κ2) is 46.2. The van der Waals surface area contributed by atoms with Crippen LogP contribution >= 0.6 is 11.8 Å². The number of nitrogens with zero attached hydrogens (tertiary/aromatic N) is 5. The number of nitrogens with two attached hydrogens (primary N) is 2. The summed E-state index contributed by atoms with van der Waals surface area (Å²) in [7, 11) is 6.59. The van der Waals surface area contributed by atoms with Crippen molar-refractivity contribution in [3.05, 3.63) is 173 Å². The van der Waals surface area contributed by atoms with Crippen LogP contribution in [0, 0.1) is 11.8 Å². The number of primary amides is 1. The highest BCUT2D eigenvalue weighted by atomic mass is 32.2. The lowest BCUT2D eigenvalue weighted by molar-refractivity contribution is -0.151. The number of carboxylic acids is 1. The quantitative estimate of drug-likeness (QED) is 0.0448. The maximum Gasteiger partial charge on any atom is 0.305 e. The number of hydrazine groups is 1. The minimum absolute atomic E-state index is 0.0141. The molecule has 5 aromatic carbocycles. The normalized spacial score (nSPS) is 21.9. The number of H-pyrrole nitrogens is 1. The Hall–Kier alpha value is -12.2. The minimum Gasteiger partial charge on any atom is -0.508 e. The number of carbonyl (C=O) groups excluding carboxylic acids is 14. The molecule has 6 aromatic rings. The van der Waals surface area contributed by atoms with Gasteiger partial charge in [0.2, 0.25) is 76.8 Å². The summed E-state index contributed by atoms with van der Waals surface area (Å²) in [4.78, 5) is 226. The highest BCUT2D eigenvalue weighted by Gasteiger charge is 2.42. The molecule has 35 heteroatoms. The molecule has 7 rings (SSSR count). The average molecular weight is 1680 g/mol. The van der Waals surface area contributed by atoms with Crippen molar-refractivity contribution >= 4 is 111 Å². The van der Waals surface area contributed by atoms with E-state index in [1.54, 1.807) is 143 Å². The number of thioether (sulfide) groups is 1. The molecule has 120 heavy (non-hydrogen) atoms. The van der Waals surface area contributed by atoms with Crippen LogP contribution in [0.1, 0.15) is 100 Å². The molecule has 0 unspecified atom stereocenters. The largest absolute Gasteiger partial charge is 0.508 e. The minimum atomic E-state index is -1.89. The predicted octanol–water partition coefficient (Wildman–Crippen LogP) is 0.857. The van der Waals surface area contributed by atoms with E-state index in [1.165, 1.54) is 69.3 Å². The molecule has 0 aliphatic carbocycles. The summed E-state index contributed by atoms with van der Waals surface area (Å²) in [6.07, 6.45) is 0.714. The third-order valence-corrected chi connectivity index (χ3v) is 21.6. The van der Waals surface area contributed by atoms with Crippen molar-refractivity contribution in [1.29, 1.82) is 0 Å². The molecule has 10 atom stereocenters. The number of hydrogen-bond acceptors (Lipinski definition) is 19. The third-order valence-electron chi connectivity index (χ3n) is 20.5. The Morgan fingerprint density at radius 2 is 1.04 bits per heavy atom. The number of aliphatic carboxylic acids is 1. The first-order chi connectivity index (χ1) is 57.0. The van der Waals surface area contributed by atoms with E-state index in [2.05, 4.69) is 53.1 Å². The summed E-state index contributed by atoms with van der Waals surface area (Å²) in [6.45, 7) is 6.56.